The van der Waals surface area contributed by atoms with Gasteiger partial charge in [-0.2, -0.15) is 4.98 Å². The van der Waals surface area contributed by atoms with Gasteiger partial charge < -0.3 is 25.4 Å². The van der Waals surface area contributed by atoms with E-state index in [1.54, 1.807) is 0 Å². The third kappa shape index (κ3) is 3.90. The van der Waals surface area contributed by atoms with E-state index in [-0.39, 0.29) is 36.3 Å². The molecule has 0 aliphatic heterocycles. The molecule has 0 bridgehead atoms. The van der Waals surface area contributed by atoms with E-state index in [0.29, 0.717) is 0 Å². The number of aliphatic hydroxyl groups excluding tert-OH is 1. The van der Waals surface area contributed by atoms with Crippen molar-refractivity contribution in [1.82, 2.24) is 19.5 Å². The van der Waals surface area contributed by atoms with E-state index in [0.717, 1.165) is 0 Å². The first kappa shape index (κ1) is 16.6. The minimum Gasteiger partial charge on any atom is -0.392 e. The zero-order valence-corrected chi connectivity index (χ0v) is 12.3. The number of aromatic amines is 1. The molecule has 2 heterocycles. The van der Waals surface area contributed by atoms with E-state index in [1.807, 2.05) is 0 Å². The molecule has 0 spiro atoms. The molecule has 0 saturated carbocycles. The van der Waals surface area contributed by atoms with Crippen LogP contribution in [-0.4, -0.2) is 53.8 Å². The zero-order chi connectivity index (χ0) is 16.3. The molecular weight excluding hydrogens is 317 g/mol. The predicted molar refractivity (Wildman–Crippen MR) is 76.2 cm³/mol. The smallest absolute Gasteiger partial charge is 0.325 e. The average molecular weight is 333 g/mol. The fourth-order valence-electron chi connectivity index (χ4n) is 1.86. The number of hydrogen-bond acceptors (Lipinski definition) is 7. The number of nitrogens with one attached hydrogen (secondary N) is 1. The van der Waals surface area contributed by atoms with Gasteiger partial charge in [0.15, 0.2) is 17.4 Å². The summed E-state index contributed by atoms with van der Waals surface area (Å²) in [7, 11) is -4.08. The van der Waals surface area contributed by atoms with Crippen LogP contribution < -0.4 is 11.3 Å². The number of H-pyrrole nitrogens is 1. The molecule has 2 aromatic heterocycles. The molecule has 2 rings (SSSR count). The quantitative estimate of drug-likeness (QED) is 0.307. The Bertz CT molecular complexity index is 752. The Morgan fingerprint density at radius 1 is 1.50 bits per heavy atom. The topological polar surface area (TPSA) is 177 Å². The number of nitrogen functional groups attached to an aromatic ring is 1. The SMILES string of the molecule is Nc1nc2c(ncn2C(CO)OCCCP(=O)(O)O)c(=O)[nH]1. The monoisotopic (exact) mass is 333 g/mol. The molecule has 0 fully saturated rings. The number of anilines is 1. The van der Waals surface area contributed by atoms with Crippen molar-refractivity contribution in [2.45, 2.75) is 12.6 Å². The molecule has 0 aliphatic rings. The molecule has 22 heavy (non-hydrogen) atoms. The molecule has 122 valence electrons. The Balaban J connectivity index is 2.14. The van der Waals surface area contributed by atoms with Crippen LogP contribution >= 0.6 is 7.60 Å². The van der Waals surface area contributed by atoms with Crippen molar-refractivity contribution < 1.29 is 24.2 Å². The number of imidazole rings is 1. The van der Waals surface area contributed by atoms with Gasteiger partial charge in [0.2, 0.25) is 5.95 Å². The average Bonchev–Trinajstić information content (AvgIpc) is 2.81. The van der Waals surface area contributed by atoms with Gasteiger partial charge in [0.25, 0.3) is 5.56 Å². The lowest BCUT2D eigenvalue weighted by atomic mass is 10.5. The van der Waals surface area contributed by atoms with Crippen LogP contribution in [0.5, 0.6) is 0 Å². The van der Waals surface area contributed by atoms with Crippen LogP contribution in [0.1, 0.15) is 12.6 Å². The minimum atomic E-state index is -4.08. The lowest BCUT2D eigenvalue weighted by Crippen LogP contribution is -2.19. The van der Waals surface area contributed by atoms with E-state index < -0.39 is 26.0 Å². The normalized spacial score (nSPS) is 13.6. The molecule has 0 amide bonds. The molecule has 1 atom stereocenters. The van der Waals surface area contributed by atoms with Crippen molar-refractivity contribution in [2.75, 3.05) is 25.1 Å². The van der Waals surface area contributed by atoms with Crippen molar-refractivity contribution >= 4 is 24.7 Å². The summed E-state index contributed by atoms with van der Waals surface area (Å²) < 4.78 is 17.4. The first-order valence-electron chi connectivity index (χ1n) is 6.31. The van der Waals surface area contributed by atoms with E-state index in [1.165, 1.54) is 10.9 Å². The summed E-state index contributed by atoms with van der Waals surface area (Å²) in [6, 6.07) is 0. The van der Waals surface area contributed by atoms with Crippen molar-refractivity contribution in [3.63, 3.8) is 0 Å². The second-order valence-electron chi connectivity index (χ2n) is 4.53. The van der Waals surface area contributed by atoms with Crippen LogP contribution in [0.2, 0.25) is 0 Å². The molecular formula is C10H16N5O6P. The molecule has 12 heteroatoms. The van der Waals surface area contributed by atoms with E-state index in [4.69, 9.17) is 20.3 Å². The van der Waals surface area contributed by atoms with Crippen molar-refractivity contribution in [3.05, 3.63) is 16.7 Å². The third-order valence-electron chi connectivity index (χ3n) is 2.82. The van der Waals surface area contributed by atoms with Gasteiger partial charge in [-0.1, -0.05) is 0 Å². The number of aromatic nitrogens is 4. The Hall–Kier alpha value is -1.78. The first-order chi connectivity index (χ1) is 10.3. The number of rotatable bonds is 7. The highest BCUT2D eigenvalue weighted by atomic mass is 31.2. The Labute approximate surface area is 123 Å². The van der Waals surface area contributed by atoms with Crippen LogP contribution in [-0.2, 0) is 9.30 Å². The van der Waals surface area contributed by atoms with Crippen molar-refractivity contribution in [3.8, 4) is 0 Å². The van der Waals surface area contributed by atoms with Gasteiger partial charge >= 0.3 is 7.60 Å². The van der Waals surface area contributed by atoms with Crippen LogP contribution in [0.25, 0.3) is 11.2 Å². The fourth-order valence-corrected chi connectivity index (χ4v) is 2.41. The van der Waals surface area contributed by atoms with Crippen LogP contribution in [0.4, 0.5) is 5.95 Å². The Morgan fingerprint density at radius 2 is 2.23 bits per heavy atom. The molecule has 0 radical (unpaired) electrons. The number of ether oxygens (including phenoxy) is 1. The van der Waals surface area contributed by atoms with Gasteiger partial charge in [-0.25, -0.2) is 4.98 Å². The molecule has 0 aromatic carbocycles. The highest BCUT2D eigenvalue weighted by Crippen LogP contribution is 2.34. The lowest BCUT2D eigenvalue weighted by molar-refractivity contribution is -0.0319. The van der Waals surface area contributed by atoms with E-state index in [9.17, 15) is 14.5 Å². The van der Waals surface area contributed by atoms with Gasteiger partial charge in [0.1, 0.15) is 0 Å². The minimum absolute atomic E-state index is 0.00861. The summed E-state index contributed by atoms with van der Waals surface area (Å²) in [6.07, 6.45) is 0.177. The number of nitrogens with two attached hydrogens (primary N) is 1. The maximum atomic E-state index is 11.7. The fraction of sp³-hybridized carbons (Fsp3) is 0.500. The van der Waals surface area contributed by atoms with E-state index >= 15 is 0 Å². The third-order valence-corrected chi connectivity index (χ3v) is 3.72. The van der Waals surface area contributed by atoms with Gasteiger partial charge in [0, 0.05) is 6.61 Å². The number of hydrogen-bond donors (Lipinski definition) is 5. The predicted octanol–water partition coefficient (Wildman–Crippen LogP) is -1.22. The summed E-state index contributed by atoms with van der Waals surface area (Å²) in [5.74, 6) is -0.0996. The molecule has 0 aliphatic carbocycles. The second kappa shape index (κ2) is 6.55. The Morgan fingerprint density at radius 3 is 2.86 bits per heavy atom. The number of fused-ring (bicyclic) bond motifs is 1. The van der Waals surface area contributed by atoms with Gasteiger partial charge in [-0.3, -0.25) is 18.9 Å². The highest BCUT2D eigenvalue weighted by Gasteiger charge is 2.18. The van der Waals surface area contributed by atoms with Crippen LogP contribution in [0.15, 0.2) is 11.1 Å². The zero-order valence-electron chi connectivity index (χ0n) is 11.4. The molecule has 11 nitrogen and oxygen atoms in total. The summed E-state index contributed by atoms with van der Waals surface area (Å²) >= 11 is 0. The van der Waals surface area contributed by atoms with Crippen molar-refractivity contribution in [1.29, 1.82) is 0 Å². The standard InChI is InChI=1S/C10H16N5O6P/c11-10-13-8-7(9(17)14-10)12-5-15(8)6(4-16)21-2-1-3-22(18,19)20/h5-6,16H,1-4H2,(H2,18,19,20)(H3,11,13,14,17). The maximum absolute atomic E-state index is 11.7. The van der Waals surface area contributed by atoms with Crippen LogP contribution in [0.3, 0.4) is 0 Å². The number of nitrogens with zero attached hydrogens (tertiary/aromatic N) is 3. The summed E-state index contributed by atoms with van der Waals surface area (Å²) in [5, 5.41) is 9.38. The van der Waals surface area contributed by atoms with Gasteiger partial charge in [-0.15, -0.1) is 0 Å². The first-order valence-corrected chi connectivity index (χ1v) is 8.11. The maximum Gasteiger partial charge on any atom is 0.325 e. The number of aliphatic hydroxyl groups is 1. The Kier molecular flexibility index (Phi) is 4.94. The highest BCUT2D eigenvalue weighted by molar-refractivity contribution is 7.51. The molecule has 2 aromatic rings. The van der Waals surface area contributed by atoms with Gasteiger partial charge in [0.05, 0.1) is 19.1 Å². The largest absolute Gasteiger partial charge is 0.392 e. The second-order valence-corrected chi connectivity index (χ2v) is 6.30. The molecule has 6 N–H and O–H groups in total. The molecule has 0 saturated heterocycles. The van der Waals surface area contributed by atoms with E-state index in [2.05, 4.69) is 15.0 Å². The van der Waals surface area contributed by atoms with Crippen LogP contribution in [0, 0.1) is 0 Å². The van der Waals surface area contributed by atoms with Gasteiger partial charge in [-0.05, 0) is 6.42 Å². The van der Waals surface area contributed by atoms with Crippen molar-refractivity contribution in [2.24, 2.45) is 0 Å². The summed E-state index contributed by atoms with van der Waals surface area (Å²) in [5.41, 5.74) is 5.15. The summed E-state index contributed by atoms with van der Waals surface area (Å²) in [4.78, 5) is 39.3. The summed E-state index contributed by atoms with van der Waals surface area (Å²) in [6.45, 7) is -0.426. The lowest BCUT2D eigenvalue weighted by Gasteiger charge is -2.17. The molecule has 1 unspecified atom stereocenters.